The van der Waals surface area contributed by atoms with E-state index in [2.05, 4.69) is 15.8 Å². The lowest BCUT2D eigenvalue weighted by Gasteiger charge is -2.09. The van der Waals surface area contributed by atoms with Crippen molar-refractivity contribution in [3.63, 3.8) is 0 Å². The van der Waals surface area contributed by atoms with Gasteiger partial charge in [-0.1, -0.05) is 34.8 Å². The van der Waals surface area contributed by atoms with Crippen LogP contribution in [0.3, 0.4) is 0 Å². The number of anilines is 2. The molecule has 9 heteroatoms. The van der Waals surface area contributed by atoms with Crippen LogP contribution in [-0.4, -0.2) is 11.0 Å². The van der Waals surface area contributed by atoms with Crippen molar-refractivity contribution >= 4 is 63.1 Å². The lowest BCUT2D eigenvalue weighted by atomic mass is 10.1. The molecule has 4 aromatic rings. The Hall–Kier alpha value is -3.19. The highest BCUT2D eigenvalue weighted by Crippen LogP contribution is 2.26. The molecule has 0 atom stereocenters. The van der Waals surface area contributed by atoms with Gasteiger partial charge in [0.2, 0.25) is 5.55 Å². The van der Waals surface area contributed by atoms with Crippen molar-refractivity contribution in [2.24, 2.45) is 5.10 Å². The van der Waals surface area contributed by atoms with Gasteiger partial charge in [-0.15, -0.1) is 5.10 Å². The molecule has 0 aliphatic heterocycles. The van der Waals surface area contributed by atoms with Crippen molar-refractivity contribution in [1.82, 2.24) is 0 Å². The van der Waals surface area contributed by atoms with Gasteiger partial charge in [0.15, 0.2) is 0 Å². The molecule has 0 aliphatic carbocycles. The van der Waals surface area contributed by atoms with E-state index in [1.807, 2.05) is 0 Å². The molecule has 0 radical (unpaired) electrons. The maximum Gasteiger partial charge on any atom is 0.261 e. The van der Waals surface area contributed by atoms with Gasteiger partial charge in [0.25, 0.3) is 5.91 Å². The second kappa shape index (κ2) is 8.89. The summed E-state index contributed by atoms with van der Waals surface area (Å²) in [7, 11) is 0. The van der Waals surface area contributed by atoms with Gasteiger partial charge >= 0.3 is 0 Å². The summed E-state index contributed by atoms with van der Waals surface area (Å²) >= 11 is 18.0. The maximum atomic E-state index is 13.0. The summed E-state index contributed by atoms with van der Waals surface area (Å²) in [6.45, 7) is 0. The molecule has 0 aliphatic rings. The maximum absolute atomic E-state index is 13.0. The first-order valence-electron chi connectivity index (χ1n) is 8.97. The fourth-order valence-electron chi connectivity index (χ4n) is 2.77. The number of carbonyl (C=O) groups excluding carboxylic acids is 1. The van der Waals surface area contributed by atoms with Crippen LogP contribution in [0.15, 0.2) is 76.2 Å². The summed E-state index contributed by atoms with van der Waals surface area (Å²) < 4.78 is 5.80. The molecule has 3 N–H and O–H groups in total. The van der Waals surface area contributed by atoms with Crippen LogP contribution in [-0.2, 0) is 0 Å². The topological polar surface area (TPSA) is 86.9 Å². The van der Waals surface area contributed by atoms with E-state index in [0.29, 0.717) is 37.4 Å². The van der Waals surface area contributed by atoms with Crippen LogP contribution in [0.1, 0.15) is 10.4 Å². The van der Waals surface area contributed by atoms with Crippen molar-refractivity contribution in [3.05, 3.63) is 92.9 Å². The summed E-state index contributed by atoms with van der Waals surface area (Å²) in [4.78, 5) is 13.0. The lowest BCUT2D eigenvalue weighted by molar-refractivity contribution is 0.102. The van der Waals surface area contributed by atoms with Crippen LogP contribution in [0.2, 0.25) is 15.1 Å². The summed E-state index contributed by atoms with van der Waals surface area (Å²) in [5.41, 5.74) is 4.39. The van der Waals surface area contributed by atoms with E-state index in [9.17, 15) is 9.90 Å². The summed E-state index contributed by atoms with van der Waals surface area (Å²) in [6.07, 6.45) is 0. The number of aromatic hydroxyl groups is 1. The van der Waals surface area contributed by atoms with Crippen molar-refractivity contribution in [1.29, 1.82) is 0 Å². The number of phenols is 1. The minimum atomic E-state index is -0.486. The van der Waals surface area contributed by atoms with Crippen molar-refractivity contribution in [2.45, 2.75) is 0 Å². The van der Waals surface area contributed by atoms with Crippen LogP contribution >= 0.6 is 34.8 Å². The number of fused-ring (bicyclic) bond motifs is 1. The molecule has 0 unspecified atom stereocenters. The van der Waals surface area contributed by atoms with E-state index >= 15 is 0 Å². The number of nitrogens with one attached hydrogen (secondary N) is 2. The Morgan fingerprint density at radius 1 is 0.903 bits per heavy atom. The Morgan fingerprint density at radius 3 is 2.39 bits per heavy atom. The fraction of sp³-hybridized carbons (Fsp3) is 0. The lowest BCUT2D eigenvalue weighted by Crippen LogP contribution is -2.22. The van der Waals surface area contributed by atoms with Gasteiger partial charge in [-0.25, -0.2) is 0 Å². The first kappa shape index (κ1) is 21.1. The van der Waals surface area contributed by atoms with Crippen LogP contribution in [0.4, 0.5) is 11.4 Å². The standard InChI is InChI=1S/C22H14Cl3N3O3/c23-13-2-5-15(6-3-13)27-28-22-17(9-12-1-7-16(29)11-20(12)31-22)21(30)26-19-8-4-14(24)10-18(19)25/h1-11,27,29H,(H,26,30)/b28-22+. The van der Waals surface area contributed by atoms with Crippen LogP contribution < -0.4 is 16.3 Å². The zero-order chi connectivity index (χ0) is 22.0. The Kier molecular flexibility index (Phi) is 6.04. The fourth-order valence-corrected chi connectivity index (χ4v) is 3.35. The number of carbonyl (C=O) groups is 1. The summed E-state index contributed by atoms with van der Waals surface area (Å²) in [6, 6.07) is 17.8. The minimum absolute atomic E-state index is 0.00985. The summed E-state index contributed by atoms with van der Waals surface area (Å²) in [5, 5.41) is 18.6. The Bertz CT molecular complexity index is 1350. The SMILES string of the molecule is O=C(Nc1ccc(Cl)cc1Cl)c1cc2ccc(O)cc2o/c1=N/Nc1ccc(Cl)cc1. The largest absolute Gasteiger partial charge is 0.508 e. The van der Waals surface area contributed by atoms with Crippen molar-refractivity contribution < 1.29 is 14.3 Å². The Balaban J connectivity index is 1.76. The van der Waals surface area contributed by atoms with Crippen molar-refractivity contribution in [2.75, 3.05) is 10.7 Å². The third-order valence-electron chi connectivity index (χ3n) is 4.29. The normalized spacial score (nSPS) is 11.5. The molecule has 3 aromatic carbocycles. The number of benzene rings is 3. The monoisotopic (exact) mass is 473 g/mol. The molecule has 156 valence electrons. The summed E-state index contributed by atoms with van der Waals surface area (Å²) in [5.74, 6) is -0.461. The van der Waals surface area contributed by atoms with Crippen LogP contribution in [0.5, 0.6) is 5.75 Å². The molecule has 0 saturated carbocycles. The average molecular weight is 475 g/mol. The van der Waals surface area contributed by atoms with E-state index < -0.39 is 5.91 Å². The number of hydrogen-bond donors (Lipinski definition) is 3. The van der Waals surface area contributed by atoms with E-state index in [1.54, 1.807) is 48.5 Å². The van der Waals surface area contributed by atoms with E-state index in [4.69, 9.17) is 39.2 Å². The number of halogens is 3. The second-order valence-corrected chi connectivity index (χ2v) is 7.78. The first-order valence-corrected chi connectivity index (χ1v) is 10.1. The average Bonchev–Trinajstić information content (AvgIpc) is 2.74. The van der Waals surface area contributed by atoms with Crippen molar-refractivity contribution in [3.8, 4) is 5.75 Å². The van der Waals surface area contributed by atoms with Gasteiger partial charge in [-0.2, -0.15) is 0 Å². The highest BCUT2D eigenvalue weighted by atomic mass is 35.5. The van der Waals surface area contributed by atoms with Gasteiger partial charge in [-0.05, 0) is 60.7 Å². The molecule has 0 fully saturated rings. The van der Waals surface area contributed by atoms with E-state index in [-0.39, 0.29) is 16.9 Å². The minimum Gasteiger partial charge on any atom is -0.508 e. The Labute approximate surface area is 191 Å². The van der Waals surface area contributed by atoms with Gasteiger partial charge in [0.05, 0.1) is 16.4 Å². The molecule has 31 heavy (non-hydrogen) atoms. The Morgan fingerprint density at radius 2 is 1.65 bits per heavy atom. The zero-order valence-electron chi connectivity index (χ0n) is 15.7. The van der Waals surface area contributed by atoms with Gasteiger partial charge in [-0.3, -0.25) is 10.2 Å². The van der Waals surface area contributed by atoms with Crippen LogP contribution in [0, 0.1) is 0 Å². The number of nitrogens with zero attached hydrogens (tertiary/aromatic N) is 1. The predicted octanol–water partition coefficient (Wildman–Crippen LogP) is 6.28. The van der Waals surface area contributed by atoms with E-state index in [1.165, 1.54) is 18.2 Å². The molecule has 0 saturated heterocycles. The molecule has 4 rings (SSSR count). The number of hydrogen-bond acceptors (Lipinski definition) is 5. The molecule has 0 spiro atoms. The molecular formula is C22H14Cl3N3O3. The first-order chi connectivity index (χ1) is 14.9. The quantitative estimate of drug-likeness (QED) is 0.304. The molecule has 6 nitrogen and oxygen atoms in total. The zero-order valence-corrected chi connectivity index (χ0v) is 18.0. The smallest absolute Gasteiger partial charge is 0.261 e. The number of phenolic OH excluding ortho intramolecular Hbond substituents is 1. The third-order valence-corrected chi connectivity index (χ3v) is 5.09. The van der Waals surface area contributed by atoms with E-state index in [0.717, 1.165) is 0 Å². The molecule has 0 bridgehead atoms. The number of amides is 1. The highest BCUT2D eigenvalue weighted by Gasteiger charge is 2.15. The van der Waals surface area contributed by atoms with Gasteiger partial charge in [0, 0.05) is 21.5 Å². The molecule has 1 aromatic heterocycles. The highest BCUT2D eigenvalue weighted by molar-refractivity contribution is 6.36. The van der Waals surface area contributed by atoms with Gasteiger partial charge < -0.3 is 14.8 Å². The van der Waals surface area contributed by atoms with Gasteiger partial charge in [0.1, 0.15) is 16.9 Å². The molecule has 1 heterocycles. The van der Waals surface area contributed by atoms with Crippen LogP contribution in [0.25, 0.3) is 11.0 Å². The molecule has 1 amide bonds. The second-order valence-electron chi connectivity index (χ2n) is 6.50. The molecular weight excluding hydrogens is 461 g/mol. The number of rotatable bonds is 4. The predicted molar refractivity (Wildman–Crippen MR) is 123 cm³/mol. The third kappa shape index (κ3) is 4.94.